The number of hydrogen-bond acceptors (Lipinski definition) is 2. The number of carbonyl (C=O) groups is 1. The molecule has 1 aromatic rings. The molecule has 3 nitrogen and oxygen atoms in total. The minimum Gasteiger partial charge on any atom is -0.490 e. The van der Waals surface area contributed by atoms with E-state index in [0.29, 0.717) is 18.7 Å². The van der Waals surface area contributed by atoms with Crippen LogP contribution in [0.1, 0.15) is 43.5 Å². The molecule has 108 valence electrons. The predicted molar refractivity (Wildman–Crippen MR) is 81.1 cm³/mol. The molecule has 2 atom stereocenters. The highest BCUT2D eigenvalue weighted by Crippen LogP contribution is 2.25. The number of carbonyl (C=O) groups excluding carboxylic acids is 1. The van der Waals surface area contributed by atoms with Crippen molar-refractivity contribution in [3.05, 3.63) is 42.5 Å². The maximum absolute atomic E-state index is 12.6. The summed E-state index contributed by atoms with van der Waals surface area (Å²) < 4.78 is 5.43. The Labute approximate surface area is 121 Å². The van der Waals surface area contributed by atoms with Crippen molar-refractivity contribution in [2.24, 2.45) is 0 Å². The van der Waals surface area contributed by atoms with Crippen LogP contribution in [0.3, 0.4) is 0 Å². The molecule has 1 heterocycles. The standard InChI is InChI=1S/C17H23NO2/c1-4-12-20-16-10-8-15(9-11-16)17(19)18-13(2)6-5-7-14(18)3/h4,8-11,13-14H,1,5-7,12H2,2-3H3/t13-,14-/m0/s1. The molecule has 0 unspecified atom stereocenters. The van der Waals surface area contributed by atoms with E-state index < -0.39 is 0 Å². The number of hydrogen-bond donors (Lipinski definition) is 0. The third kappa shape index (κ3) is 3.21. The van der Waals surface area contributed by atoms with Crippen LogP contribution in [0.15, 0.2) is 36.9 Å². The molecule has 1 amide bonds. The van der Waals surface area contributed by atoms with Gasteiger partial charge in [-0.3, -0.25) is 4.79 Å². The molecule has 2 rings (SSSR count). The Bertz CT molecular complexity index is 456. The number of amides is 1. The molecule has 20 heavy (non-hydrogen) atoms. The van der Waals surface area contributed by atoms with Crippen molar-refractivity contribution >= 4 is 5.91 Å². The lowest BCUT2D eigenvalue weighted by Crippen LogP contribution is -2.47. The molecule has 0 aromatic heterocycles. The minimum absolute atomic E-state index is 0.125. The Kier molecular flexibility index (Phi) is 4.83. The maximum Gasteiger partial charge on any atom is 0.254 e. The second-order valence-electron chi connectivity index (χ2n) is 5.47. The summed E-state index contributed by atoms with van der Waals surface area (Å²) in [5.74, 6) is 0.890. The normalized spacial score (nSPS) is 22.4. The molecular weight excluding hydrogens is 250 g/mol. The lowest BCUT2D eigenvalue weighted by molar-refractivity contribution is 0.0511. The summed E-state index contributed by atoms with van der Waals surface area (Å²) in [5, 5.41) is 0. The van der Waals surface area contributed by atoms with Crippen LogP contribution in [0.2, 0.25) is 0 Å². The first kappa shape index (κ1) is 14.6. The first-order valence-corrected chi connectivity index (χ1v) is 7.30. The Morgan fingerprint density at radius 3 is 2.45 bits per heavy atom. The first-order valence-electron chi connectivity index (χ1n) is 7.30. The molecule has 0 saturated carbocycles. The molecule has 0 spiro atoms. The van der Waals surface area contributed by atoms with E-state index in [0.717, 1.165) is 24.2 Å². The molecule has 1 aliphatic rings. The molecule has 1 fully saturated rings. The van der Waals surface area contributed by atoms with Gasteiger partial charge in [-0.15, -0.1) is 0 Å². The third-order valence-corrected chi connectivity index (χ3v) is 3.90. The third-order valence-electron chi connectivity index (χ3n) is 3.90. The van der Waals surface area contributed by atoms with E-state index in [4.69, 9.17) is 4.74 Å². The Morgan fingerprint density at radius 1 is 1.30 bits per heavy atom. The number of likely N-dealkylation sites (tertiary alicyclic amines) is 1. The summed E-state index contributed by atoms with van der Waals surface area (Å²) in [6.07, 6.45) is 5.10. The van der Waals surface area contributed by atoms with Crippen LogP contribution in [-0.2, 0) is 0 Å². The summed E-state index contributed by atoms with van der Waals surface area (Å²) >= 11 is 0. The van der Waals surface area contributed by atoms with E-state index in [-0.39, 0.29) is 5.91 Å². The van der Waals surface area contributed by atoms with E-state index in [1.54, 1.807) is 6.08 Å². The fraction of sp³-hybridized carbons (Fsp3) is 0.471. The molecule has 3 heteroatoms. The monoisotopic (exact) mass is 273 g/mol. The minimum atomic E-state index is 0.125. The summed E-state index contributed by atoms with van der Waals surface area (Å²) in [5.41, 5.74) is 0.733. The van der Waals surface area contributed by atoms with Gasteiger partial charge in [-0.05, 0) is 57.4 Å². The Balaban J connectivity index is 2.09. The van der Waals surface area contributed by atoms with Gasteiger partial charge in [-0.2, -0.15) is 0 Å². The van der Waals surface area contributed by atoms with Crippen LogP contribution < -0.4 is 4.74 Å². The van der Waals surface area contributed by atoms with Crippen LogP contribution in [0.25, 0.3) is 0 Å². The van der Waals surface area contributed by atoms with Gasteiger partial charge in [-0.1, -0.05) is 12.7 Å². The number of ether oxygens (including phenoxy) is 1. The summed E-state index contributed by atoms with van der Waals surface area (Å²) in [6, 6.07) is 8.02. The fourth-order valence-electron chi connectivity index (χ4n) is 2.82. The van der Waals surface area contributed by atoms with Crippen molar-refractivity contribution in [2.75, 3.05) is 6.61 Å². The summed E-state index contributed by atoms with van der Waals surface area (Å²) in [4.78, 5) is 14.6. The van der Waals surface area contributed by atoms with E-state index in [1.165, 1.54) is 6.42 Å². The number of nitrogens with zero attached hydrogens (tertiary/aromatic N) is 1. The van der Waals surface area contributed by atoms with Gasteiger partial charge < -0.3 is 9.64 Å². The van der Waals surface area contributed by atoms with Crippen molar-refractivity contribution in [3.8, 4) is 5.75 Å². The molecule has 1 aromatic carbocycles. The van der Waals surface area contributed by atoms with E-state index >= 15 is 0 Å². The van der Waals surface area contributed by atoms with Crippen LogP contribution in [0.5, 0.6) is 5.75 Å². The SMILES string of the molecule is C=CCOc1ccc(C(=O)N2[C@@H](C)CCC[C@@H]2C)cc1. The highest BCUT2D eigenvalue weighted by Gasteiger charge is 2.29. The summed E-state index contributed by atoms with van der Waals surface area (Å²) in [7, 11) is 0. The zero-order valence-corrected chi connectivity index (χ0v) is 12.3. The average Bonchev–Trinajstić information content (AvgIpc) is 2.45. The largest absolute Gasteiger partial charge is 0.490 e. The number of rotatable bonds is 4. The van der Waals surface area contributed by atoms with Crippen molar-refractivity contribution in [1.82, 2.24) is 4.90 Å². The van der Waals surface area contributed by atoms with Crippen LogP contribution >= 0.6 is 0 Å². The van der Waals surface area contributed by atoms with Gasteiger partial charge in [-0.25, -0.2) is 0 Å². The van der Waals surface area contributed by atoms with E-state index in [9.17, 15) is 4.79 Å². The highest BCUT2D eigenvalue weighted by molar-refractivity contribution is 5.94. The predicted octanol–water partition coefficient (Wildman–Crippen LogP) is 3.65. The second-order valence-corrected chi connectivity index (χ2v) is 5.47. The van der Waals surface area contributed by atoms with Crippen molar-refractivity contribution in [1.29, 1.82) is 0 Å². The molecule has 0 radical (unpaired) electrons. The average molecular weight is 273 g/mol. The number of benzene rings is 1. The van der Waals surface area contributed by atoms with Gasteiger partial charge in [0.05, 0.1) is 0 Å². The molecule has 0 N–H and O–H groups in total. The molecule has 1 saturated heterocycles. The van der Waals surface area contributed by atoms with Gasteiger partial charge >= 0.3 is 0 Å². The van der Waals surface area contributed by atoms with Crippen molar-refractivity contribution in [3.63, 3.8) is 0 Å². The van der Waals surface area contributed by atoms with E-state index in [2.05, 4.69) is 20.4 Å². The lowest BCUT2D eigenvalue weighted by Gasteiger charge is -2.39. The number of piperidine rings is 1. The molecule has 0 aliphatic carbocycles. The second kappa shape index (κ2) is 6.60. The zero-order valence-electron chi connectivity index (χ0n) is 12.3. The Morgan fingerprint density at radius 2 is 1.90 bits per heavy atom. The first-order chi connectivity index (χ1) is 9.63. The van der Waals surface area contributed by atoms with Crippen LogP contribution in [0.4, 0.5) is 0 Å². The van der Waals surface area contributed by atoms with Gasteiger partial charge in [0.2, 0.25) is 0 Å². The smallest absolute Gasteiger partial charge is 0.254 e. The molecule has 0 bridgehead atoms. The van der Waals surface area contributed by atoms with Crippen LogP contribution in [-0.4, -0.2) is 29.5 Å². The van der Waals surface area contributed by atoms with Crippen molar-refractivity contribution in [2.45, 2.75) is 45.2 Å². The zero-order chi connectivity index (χ0) is 14.5. The molecular formula is C17H23NO2. The Hall–Kier alpha value is -1.77. The van der Waals surface area contributed by atoms with Gasteiger partial charge in [0.15, 0.2) is 0 Å². The highest BCUT2D eigenvalue weighted by atomic mass is 16.5. The van der Waals surface area contributed by atoms with E-state index in [1.807, 2.05) is 29.2 Å². The quantitative estimate of drug-likeness (QED) is 0.784. The van der Waals surface area contributed by atoms with Gasteiger partial charge in [0, 0.05) is 17.6 Å². The molecule has 1 aliphatic heterocycles. The maximum atomic E-state index is 12.6. The fourth-order valence-corrected chi connectivity index (χ4v) is 2.82. The van der Waals surface area contributed by atoms with Gasteiger partial charge in [0.1, 0.15) is 12.4 Å². The lowest BCUT2D eigenvalue weighted by atomic mass is 9.96. The van der Waals surface area contributed by atoms with Crippen molar-refractivity contribution < 1.29 is 9.53 Å². The summed E-state index contributed by atoms with van der Waals surface area (Å²) in [6.45, 7) is 8.36. The van der Waals surface area contributed by atoms with Crippen LogP contribution in [0, 0.1) is 0 Å². The van der Waals surface area contributed by atoms with Gasteiger partial charge in [0.25, 0.3) is 5.91 Å². The topological polar surface area (TPSA) is 29.5 Å².